The number of fused-ring (bicyclic) bond motifs is 1. The summed E-state index contributed by atoms with van der Waals surface area (Å²) in [6.45, 7) is 6.64. The number of hydrogen-bond acceptors (Lipinski definition) is 1. The van der Waals surface area contributed by atoms with Crippen molar-refractivity contribution in [1.29, 1.82) is 0 Å². The van der Waals surface area contributed by atoms with Crippen molar-refractivity contribution < 1.29 is 0 Å². The predicted molar refractivity (Wildman–Crippen MR) is 51.3 cm³/mol. The molecule has 1 heteroatoms. The van der Waals surface area contributed by atoms with Gasteiger partial charge in [-0.2, -0.15) is 0 Å². The molecule has 0 aliphatic carbocycles. The van der Waals surface area contributed by atoms with Crippen LogP contribution in [0.3, 0.4) is 0 Å². The summed E-state index contributed by atoms with van der Waals surface area (Å²) in [4.78, 5) is 0. The Kier molecular flexibility index (Phi) is 1.89. The van der Waals surface area contributed by atoms with Crippen molar-refractivity contribution in [2.75, 3.05) is 6.54 Å². The number of rotatable bonds is 0. The van der Waals surface area contributed by atoms with E-state index < -0.39 is 0 Å². The Morgan fingerprint density at radius 1 is 1.42 bits per heavy atom. The summed E-state index contributed by atoms with van der Waals surface area (Å²) in [6, 6.07) is 6.61. The van der Waals surface area contributed by atoms with Crippen LogP contribution in [0.1, 0.15) is 29.5 Å². The van der Waals surface area contributed by atoms with Gasteiger partial charge < -0.3 is 5.32 Å². The van der Waals surface area contributed by atoms with Crippen LogP contribution < -0.4 is 5.32 Å². The van der Waals surface area contributed by atoms with E-state index in [0.717, 1.165) is 13.1 Å². The van der Waals surface area contributed by atoms with Gasteiger partial charge >= 0.3 is 0 Å². The zero-order valence-corrected chi connectivity index (χ0v) is 7.72. The van der Waals surface area contributed by atoms with Gasteiger partial charge in [-0.1, -0.05) is 25.1 Å². The SMILES string of the molecule is Cc1cccc2c1CNC[C@H]2C. The fraction of sp³-hybridized carbons (Fsp3) is 0.455. The molecule has 0 spiro atoms. The highest BCUT2D eigenvalue weighted by atomic mass is 14.9. The quantitative estimate of drug-likeness (QED) is 0.615. The van der Waals surface area contributed by atoms with Gasteiger partial charge in [0.2, 0.25) is 0 Å². The Morgan fingerprint density at radius 3 is 3.00 bits per heavy atom. The Morgan fingerprint density at radius 2 is 2.25 bits per heavy atom. The molecular weight excluding hydrogens is 146 g/mol. The van der Waals surface area contributed by atoms with E-state index in [2.05, 4.69) is 37.4 Å². The molecule has 1 nitrogen and oxygen atoms in total. The summed E-state index contributed by atoms with van der Waals surface area (Å²) in [5.74, 6) is 0.675. The predicted octanol–water partition coefficient (Wildman–Crippen LogP) is 2.20. The van der Waals surface area contributed by atoms with Crippen LogP contribution in [0.4, 0.5) is 0 Å². The summed E-state index contributed by atoms with van der Waals surface area (Å²) in [7, 11) is 0. The van der Waals surface area contributed by atoms with E-state index in [1.807, 2.05) is 0 Å². The first-order valence-electron chi connectivity index (χ1n) is 4.58. The highest BCUT2D eigenvalue weighted by Crippen LogP contribution is 2.25. The third kappa shape index (κ3) is 1.14. The maximum atomic E-state index is 3.43. The van der Waals surface area contributed by atoms with Crippen LogP contribution in [0.2, 0.25) is 0 Å². The molecule has 1 aromatic rings. The number of benzene rings is 1. The first-order chi connectivity index (χ1) is 5.79. The van der Waals surface area contributed by atoms with Crippen LogP contribution in [0.15, 0.2) is 18.2 Å². The van der Waals surface area contributed by atoms with E-state index in [-0.39, 0.29) is 0 Å². The molecule has 1 aromatic carbocycles. The van der Waals surface area contributed by atoms with Crippen molar-refractivity contribution in [2.45, 2.75) is 26.3 Å². The van der Waals surface area contributed by atoms with E-state index in [1.165, 1.54) is 16.7 Å². The van der Waals surface area contributed by atoms with E-state index >= 15 is 0 Å². The first-order valence-corrected chi connectivity index (χ1v) is 4.58. The minimum absolute atomic E-state index is 0.675. The Bertz CT molecular complexity index is 291. The molecule has 1 N–H and O–H groups in total. The van der Waals surface area contributed by atoms with Crippen LogP contribution in [0, 0.1) is 6.92 Å². The zero-order chi connectivity index (χ0) is 8.55. The van der Waals surface area contributed by atoms with Crippen LogP contribution in [-0.2, 0) is 6.54 Å². The Balaban J connectivity index is 2.52. The number of aryl methyl sites for hydroxylation is 1. The van der Waals surface area contributed by atoms with Crippen molar-refractivity contribution in [3.63, 3.8) is 0 Å². The minimum Gasteiger partial charge on any atom is -0.312 e. The molecule has 0 aromatic heterocycles. The van der Waals surface area contributed by atoms with Gasteiger partial charge in [-0.25, -0.2) is 0 Å². The van der Waals surface area contributed by atoms with E-state index in [9.17, 15) is 0 Å². The molecule has 1 heterocycles. The lowest BCUT2D eigenvalue weighted by atomic mass is 9.90. The van der Waals surface area contributed by atoms with Gasteiger partial charge in [0.15, 0.2) is 0 Å². The molecule has 0 fully saturated rings. The van der Waals surface area contributed by atoms with Gasteiger partial charge in [0.25, 0.3) is 0 Å². The Hall–Kier alpha value is -0.820. The molecule has 0 radical (unpaired) electrons. The lowest BCUT2D eigenvalue weighted by Crippen LogP contribution is -2.27. The van der Waals surface area contributed by atoms with Crippen molar-refractivity contribution >= 4 is 0 Å². The molecule has 1 aliphatic rings. The maximum Gasteiger partial charge on any atom is 0.0211 e. The molecule has 2 rings (SSSR count). The monoisotopic (exact) mass is 161 g/mol. The highest BCUT2D eigenvalue weighted by Gasteiger charge is 2.16. The largest absolute Gasteiger partial charge is 0.312 e. The van der Waals surface area contributed by atoms with Gasteiger partial charge in [-0.15, -0.1) is 0 Å². The summed E-state index contributed by atoms with van der Waals surface area (Å²) in [6.07, 6.45) is 0. The van der Waals surface area contributed by atoms with E-state index in [0.29, 0.717) is 5.92 Å². The second-order valence-electron chi connectivity index (χ2n) is 3.67. The third-order valence-electron chi connectivity index (χ3n) is 2.73. The van der Waals surface area contributed by atoms with Gasteiger partial charge in [-0.05, 0) is 29.5 Å². The topological polar surface area (TPSA) is 12.0 Å². The van der Waals surface area contributed by atoms with Gasteiger partial charge in [0, 0.05) is 13.1 Å². The standard InChI is InChI=1S/C11H15N/c1-8-4-3-5-10-9(2)6-12-7-11(8)10/h3-5,9,12H,6-7H2,1-2H3/t9-/m1/s1. The van der Waals surface area contributed by atoms with Crippen molar-refractivity contribution in [3.8, 4) is 0 Å². The van der Waals surface area contributed by atoms with E-state index in [1.54, 1.807) is 0 Å². The Labute approximate surface area is 73.8 Å². The third-order valence-corrected chi connectivity index (χ3v) is 2.73. The fourth-order valence-electron chi connectivity index (χ4n) is 1.95. The van der Waals surface area contributed by atoms with Crippen LogP contribution >= 0.6 is 0 Å². The van der Waals surface area contributed by atoms with Crippen LogP contribution in [-0.4, -0.2) is 6.54 Å². The minimum atomic E-state index is 0.675. The lowest BCUT2D eigenvalue weighted by Gasteiger charge is -2.24. The van der Waals surface area contributed by atoms with Gasteiger partial charge in [0.05, 0.1) is 0 Å². The maximum absolute atomic E-state index is 3.43. The van der Waals surface area contributed by atoms with Crippen LogP contribution in [0.25, 0.3) is 0 Å². The normalized spacial score (nSPS) is 22.0. The van der Waals surface area contributed by atoms with E-state index in [4.69, 9.17) is 0 Å². The molecular formula is C11H15N. The first kappa shape index (κ1) is 7.81. The second kappa shape index (κ2) is 2.91. The van der Waals surface area contributed by atoms with Crippen molar-refractivity contribution in [2.24, 2.45) is 0 Å². The molecule has 12 heavy (non-hydrogen) atoms. The summed E-state index contributed by atoms with van der Waals surface area (Å²) >= 11 is 0. The number of hydrogen-bond donors (Lipinski definition) is 1. The molecule has 64 valence electrons. The van der Waals surface area contributed by atoms with Crippen molar-refractivity contribution in [3.05, 3.63) is 34.9 Å². The molecule has 0 amide bonds. The summed E-state index contributed by atoms with van der Waals surface area (Å²) in [5.41, 5.74) is 4.47. The van der Waals surface area contributed by atoms with Crippen molar-refractivity contribution in [1.82, 2.24) is 5.32 Å². The smallest absolute Gasteiger partial charge is 0.0211 e. The zero-order valence-electron chi connectivity index (χ0n) is 7.72. The molecule has 0 bridgehead atoms. The molecule has 0 saturated carbocycles. The molecule has 1 aliphatic heterocycles. The second-order valence-corrected chi connectivity index (χ2v) is 3.67. The summed E-state index contributed by atoms with van der Waals surface area (Å²) < 4.78 is 0. The number of nitrogens with one attached hydrogen (secondary N) is 1. The average Bonchev–Trinajstić information content (AvgIpc) is 2.07. The fourth-order valence-corrected chi connectivity index (χ4v) is 1.95. The molecule has 1 atom stereocenters. The highest BCUT2D eigenvalue weighted by molar-refractivity contribution is 5.38. The summed E-state index contributed by atoms with van der Waals surface area (Å²) in [5, 5.41) is 3.43. The molecule has 0 unspecified atom stereocenters. The van der Waals surface area contributed by atoms with Crippen LogP contribution in [0.5, 0.6) is 0 Å². The average molecular weight is 161 g/mol. The lowest BCUT2D eigenvalue weighted by molar-refractivity contribution is 0.569. The van der Waals surface area contributed by atoms with Gasteiger partial charge in [0.1, 0.15) is 0 Å². The molecule has 0 saturated heterocycles. The van der Waals surface area contributed by atoms with Gasteiger partial charge in [-0.3, -0.25) is 0 Å².